The number of rotatable bonds is 2. The number of carbonyl (C=O) groups excluding carboxylic acids is 1. The molecular formula is C17H16ClFN2O2. The molecule has 1 aliphatic rings. The van der Waals surface area contributed by atoms with Gasteiger partial charge in [-0.15, -0.1) is 0 Å². The predicted octanol–water partition coefficient (Wildman–Crippen LogP) is 3.01. The largest absolute Gasteiger partial charge is 0.339 e. The molecule has 0 radical (unpaired) electrons. The van der Waals surface area contributed by atoms with Gasteiger partial charge in [0.2, 0.25) is 0 Å². The van der Waals surface area contributed by atoms with Crippen molar-refractivity contribution < 1.29 is 9.18 Å². The van der Waals surface area contributed by atoms with Crippen LogP contribution in [0.25, 0.3) is 0 Å². The topological polar surface area (TPSA) is 42.3 Å². The average molecular weight is 335 g/mol. The van der Waals surface area contributed by atoms with Crippen LogP contribution >= 0.6 is 11.8 Å². The fourth-order valence-corrected chi connectivity index (χ4v) is 3.08. The maximum atomic E-state index is 13.0. The number of hydrogen-bond acceptors (Lipinski definition) is 2. The van der Waals surface area contributed by atoms with E-state index in [0.29, 0.717) is 24.6 Å². The lowest BCUT2D eigenvalue weighted by molar-refractivity contribution is 0.0712. The number of halogens is 2. The van der Waals surface area contributed by atoms with Crippen LogP contribution in [0.3, 0.4) is 0 Å². The molecular weight excluding hydrogens is 319 g/mol. The van der Waals surface area contributed by atoms with Crippen LogP contribution in [-0.4, -0.2) is 28.0 Å². The van der Waals surface area contributed by atoms with Gasteiger partial charge in [-0.05, 0) is 42.5 Å². The number of benzene rings is 1. The van der Waals surface area contributed by atoms with Gasteiger partial charge in [-0.3, -0.25) is 9.59 Å². The molecule has 2 heterocycles. The minimum atomic E-state index is -0.363. The number of piperidine rings is 1. The molecule has 1 saturated heterocycles. The molecule has 6 heteroatoms. The molecule has 1 aliphatic heterocycles. The van der Waals surface area contributed by atoms with Gasteiger partial charge in [0.25, 0.3) is 11.5 Å². The molecule has 120 valence electrons. The standard InChI is InChI=1S/C17H16ClFN2O2/c18-21-11-14(3-6-16(21)22)17(23)20-9-7-13(8-10-20)12-1-4-15(19)5-2-12/h1-6,11,13H,7-10H2. The molecule has 1 aromatic carbocycles. The Morgan fingerprint density at radius 2 is 1.74 bits per heavy atom. The van der Waals surface area contributed by atoms with Crippen LogP contribution in [0.2, 0.25) is 0 Å². The van der Waals surface area contributed by atoms with Crippen LogP contribution in [0.4, 0.5) is 4.39 Å². The van der Waals surface area contributed by atoms with Crippen molar-refractivity contribution in [2.24, 2.45) is 0 Å². The van der Waals surface area contributed by atoms with E-state index < -0.39 is 0 Å². The van der Waals surface area contributed by atoms with Crippen LogP contribution in [0.15, 0.2) is 47.4 Å². The number of likely N-dealkylation sites (tertiary alicyclic amines) is 1. The Kier molecular flexibility index (Phi) is 4.48. The van der Waals surface area contributed by atoms with Gasteiger partial charge in [0.1, 0.15) is 5.82 Å². The van der Waals surface area contributed by atoms with Crippen molar-refractivity contribution in [2.75, 3.05) is 13.1 Å². The second-order valence-corrected chi connectivity index (χ2v) is 6.05. The SMILES string of the molecule is O=C(c1ccc(=O)n(Cl)c1)N1CCC(c2ccc(F)cc2)CC1. The Bertz CT molecular complexity index is 765. The average Bonchev–Trinajstić information content (AvgIpc) is 2.57. The second kappa shape index (κ2) is 6.54. The molecule has 0 spiro atoms. The van der Waals surface area contributed by atoms with Gasteiger partial charge in [-0.1, -0.05) is 12.1 Å². The maximum absolute atomic E-state index is 13.0. The normalized spacial score (nSPS) is 15.7. The van der Waals surface area contributed by atoms with E-state index in [2.05, 4.69) is 0 Å². The summed E-state index contributed by atoms with van der Waals surface area (Å²) in [5, 5.41) is 0. The van der Waals surface area contributed by atoms with E-state index in [-0.39, 0.29) is 17.3 Å². The highest BCUT2D eigenvalue weighted by atomic mass is 35.5. The zero-order chi connectivity index (χ0) is 16.4. The molecule has 0 aliphatic carbocycles. The van der Waals surface area contributed by atoms with Gasteiger partial charge >= 0.3 is 0 Å². The fraction of sp³-hybridized carbons (Fsp3) is 0.294. The second-order valence-electron chi connectivity index (χ2n) is 5.69. The van der Waals surface area contributed by atoms with Crippen molar-refractivity contribution in [3.63, 3.8) is 0 Å². The first-order valence-electron chi connectivity index (χ1n) is 7.48. The van der Waals surface area contributed by atoms with Crippen molar-refractivity contribution >= 4 is 17.7 Å². The lowest BCUT2D eigenvalue weighted by Gasteiger charge is -2.32. The molecule has 0 atom stereocenters. The monoisotopic (exact) mass is 334 g/mol. The lowest BCUT2D eigenvalue weighted by Crippen LogP contribution is -2.38. The van der Waals surface area contributed by atoms with Gasteiger partial charge < -0.3 is 4.90 Å². The van der Waals surface area contributed by atoms with Crippen molar-refractivity contribution in [2.45, 2.75) is 18.8 Å². The summed E-state index contributed by atoms with van der Waals surface area (Å²) in [5.74, 6) is -0.0313. The third-order valence-electron chi connectivity index (χ3n) is 4.24. The summed E-state index contributed by atoms with van der Waals surface area (Å²) in [6, 6.07) is 9.33. The van der Waals surface area contributed by atoms with E-state index >= 15 is 0 Å². The van der Waals surface area contributed by atoms with Crippen molar-refractivity contribution in [3.05, 3.63) is 69.9 Å². The summed E-state index contributed by atoms with van der Waals surface area (Å²) in [6.07, 6.45) is 3.01. The predicted molar refractivity (Wildman–Crippen MR) is 86.2 cm³/mol. The van der Waals surface area contributed by atoms with Crippen molar-refractivity contribution in [1.82, 2.24) is 8.99 Å². The van der Waals surface area contributed by atoms with Crippen LogP contribution in [0.5, 0.6) is 0 Å². The van der Waals surface area contributed by atoms with E-state index in [4.69, 9.17) is 11.8 Å². The smallest absolute Gasteiger partial charge is 0.265 e. The molecule has 1 aromatic heterocycles. The van der Waals surface area contributed by atoms with Crippen LogP contribution < -0.4 is 5.56 Å². The minimum absolute atomic E-state index is 0.128. The molecule has 0 unspecified atom stereocenters. The summed E-state index contributed by atoms with van der Waals surface area (Å²) in [4.78, 5) is 25.5. The van der Waals surface area contributed by atoms with Crippen LogP contribution in [0.1, 0.15) is 34.7 Å². The van der Waals surface area contributed by atoms with Crippen molar-refractivity contribution in [1.29, 1.82) is 0 Å². The number of amides is 1. The highest BCUT2D eigenvalue weighted by molar-refractivity contribution is 6.15. The lowest BCUT2D eigenvalue weighted by atomic mass is 9.89. The molecule has 1 fully saturated rings. The third-order valence-corrected chi connectivity index (χ3v) is 4.50. The maximum Gasteiger partial charge on any atom is 0.265 e. The number of nitrogens with zero attached hydrogens (tertiary/aromatic N) is 2. The molecule has 23 heavy (non-hydrogen) atoms. The highest BCUT2D eigenvalue weighted by Crippen LogP contribution is 2.28. The Hall–Kier alpha value is -2.14. The van der Waals surface area contributed by atoms with E-state index in [0.717, 1.165) is 22.5 Å². The highest BCUT2D eigenvalue weighted by Gasteiger charge is 2.24. The summed E-state index contributed by atoms with van der Waals surface area (Å²) in [7, 11) is 0. The molecule has 3 rings (SSSR count). The summed E-state index contributed by atoms with van der Waals surface area (Å²) in [5.41, 5.74) is 1.14. The molecule has 2 aromatic rings. The molecule has 4 nitrogen and oxygen atoms in total. The number of hydrogen-bond donors (Lipinski definition) is 0. The summed E-state index contributed by atoms with van der Waals surface area (Å²) < 4.78 is 13.9. The molecule has 1 amide bonds. The molecule has 0 saturated carbocycles. The van der Waals surface area contributed by atoms with E-state index in [1.807, 2.05) is 0 Å². The third kappa shape index (κ3) is 3.45. The first-order chi connectivity index (χ1) is 11.0. The Morgan fingerprint density at radius 1 is 1.09 bits per heavy atom. The van der Waals surface area contributed by atoms with Gasteiger partial charge in [0, 0.05) is 37.1 Å². The minimum Gasteiger partial charge on any atom is -0.339 e. The van der Waals surface area contributed by atoms with E-state index in [9.17, 15) is 14.0 Å². The van der Waals surface area contributed by atoms with E-state index in [1.54, 1.807) is 17.0 Å². The van der Waals surface area contributed by atoms with Crippen LogP contribution in [0, 0.1) is 5.82 Å². The molecule has 0 N–H and O–H groups in total. The number of carbonyl (C=O) groups is 1. The summed E-state index contributed by atoms with van der Waals surface area (Å²) in [6.45, 7) is 1.25. The van der Waals surface area contributed by atoms with Gasteiger partial charge in [-0.2, -0.15) is 0 Å². The Labute approximate surface area is 138 Å². The zero-order valence-corrected chi connectivity index (χ0v) is 13.2. The number of pyridine rings is 1. The summed E-state index contributed by atoms with van der Waals surface area (Å²) >= 11 is 5.72. The van der Waals surface area contributed by atoms with E-state index in [1.165, 1.54) is 30.5 Å². The Balaban J connectivity index is 1.66. The first kappa shape index (κ1) is 15.7. The fourth-order valence-electron chi connectivity index (χ4n) is 2.92. The van der Waals surface area contributed by atoms with Gasteiger partial charge in [-0.25, -0.2) is 8.48 Å². The van der Waals surface area contributed by atoms with Crippen molar-refractivity contribution in [3.8, 4) is 0 Å². The first-order valence-corrected chi connectivity index (χ1v) is 7.82. The molecule has 0 bridgehead atoms. The quantitative estimate of drug-likeness (QED) is 0.847. The zero-order valence-electron chi connectivity index (χ0n) is 12.4. The Morgan fingerprint density at radius 3 is 2.35 bits per heavy atom. The van der Waals surface area contributed by atoms with Crippen LogP contribution in [-0.2, 0) is 0 Å². The van der Waals surface area contributed by atoms with Gasteiger partial charge in [0.15, 0.2) is 0 Å². The van der Waals surface area contributed by atoms with Gasteiger partial charge in [0.05, 0.1) is 5.56 Å². The number of aromatic nitrogens is 1.